The molecule has 1 aromatic rings. The molecule has 0 aromatic carbocycles. The maximum atomic E-state index is 13.3. The second-order valence-corrected chi connectivity index (χ2v) is 6.08. The smallest absolute Gasteiger partial charge is 0.241 e. The molecule has 1 atom stereocenters. The molecule has 0 bridgehead atoms. The number of alkyl halides is 1. The van der Waals surface area contributed by atoms with Gasteiger partial charge in [-0.15, -0.1) is 11.6 Å². The van der Waals surface area contributed by atoms with Crippen LogP contribution in [0.4, 0.5) is 4.39 Å². The van der Waals surface area contributed by atoms with Gasteiger partial charge < -0.3 is 0 Å². The Hall–Kier alpha value is -0.720. The Morgan fingerprint density at radius 2 is 2.28 bits per heavy atom. The Bertz CT molecular complexity index is 482. The highest BCUT2D eigenvalue weighted by molar-refractivity contribution is 7.89. The third kappa shape index (κ3) is 4.51. The van der Waals surface area contributed by atoms with E-state index in [-0.39, 0.29) is 6.54 Å². The summed E-state index contributed by atoms with van der Waals surface area (Å²) in [6.45, 7) is 2.24. The van der Waals surface area contributed by atoms with Gasteiger partial charge in [0.2, 0.25) is 5.03 Å². The number of hydrogen-bond acceptors (Lipinski definition) is 3. The summed E-state index contributed by atoms with van der Waals surface area (Å²) in [7, 11) is -3.86. The second kappa shape index (κ2) is 7.01. The molecule has 7 heteroatoms. The van der Waals surface area contributed by atoms with Crippen LogP contribution in [0, 0.1) is 11.7 Å². The number of nitrogens with zero attached hydrogens (tertiary/aromatic N) is 1. The third-order valence-corrected chi connectivity index (χ3v) is 4.33. The molecule has 1 aromatic heterocycles. The Morgan fingerprint density at radius 3 is 2.89 bits per heavy atom. The lowest BCUT2D eigenvalue weighted by Crippen LogP contribution is -2.26. The van der Waals surface area contributed by atoms with Crippen molar-refractivity contribution in [3.05, 3.63) is 24.1 Å². The predicted molar refractivity (Wildman–Crippen MR) is 68.5 cm³/mol. The first kappa shape index (κ1) is 15.3. The summed E-state index contributed by atoms with van der Waals surface area (Å²) in [6.07, 6.45) is 2.71. The molecule has 18 heavy (non-hydrogen) atoms. The van der Waals surface area contributed by atoms with Crippen molar-refractivity contribution < 1.29 is 12.8 Å². The summed E-state index contributed by atoms with van der Waals surface area (Å²) in [5.74, 6) is 0.0311. The molecule has 0 fully saturated rings. The van der Waals surface area contributed by atoms with Gasteiger partial charge in [0.05, 0.1) is 0 Å². The van der Waals surface area contributed by atoms with Gasteiger partial charge in [-0.1, -0.05) is 6.92 Å². The van der Waals surface area contributed by atoms with Crippen molar-refractivity contribution in [1.29, 1.82) is 0 Å². The summed E-state index contributed by atoms with van der Waals surface area (Å²) in [5, 5.41) is -0.560. The van der Waals surface area contributed by atoms with Gasteiger partial charge in [0.25, 0.3) is 10.0 Å². The Kier molecular flexibility index (Phi) is 5.98. The minimum Gasteiger partial charge on any atom is -0.241 e. The van der Waals surface area contributed by atoms with Crippen LogP contribution in [0.2, 0.25) is 0 Å². The molecule has 4 nitrogen and oxygen atoms in total. The van der Waals surface area contributed by atoms with Crippen LogP contribution < -0.4 is 4.72 Å². The molecule has 102 valence electrons. The van der Waals surface area contributed by atoms with Crippen LogP contribution in [0.5, 0.6) is 0 Å². The zero-order valence-electron chi connectivity index (χ0n) is 10.1. The molecule has 1 rings (SSSR count). The normalized spacial score (nSPS) is 13.5. The van der Waals surface area contributed by atoms with Crippen molar-refractivity contribution in [3.8, 4) is 0 Å². The van der Waals surface area contributed by atoms with Crippen LogP contribution in [-0.4, -0.2) is 25.8 Å². The van der Waals surface area contributed by atoms with Crippen molar-refractivity contribution >= 4 is 21.6 Å². The van der Waals surface area contributed by atoms with E-state index in [0.717, 1.165) is 12.5 Å². The number of rotatable bonds is 7. The number of nitrogens with one attached hydrogen (secondary N) is 1. The van der Waals surface area contributed by atoms with Gasteiger partial charge in [0, 0.05) is 18.6 Å². The lowest BCUT2D eigenvalue weighted by molar-refractivity contribution is 0.529. The van der Waals surface area contributed by atoms with Gasteiger partial charge in [0.15, 0.2) is 5.82 Å². The fourth-order valence-corrected chi connectivity index (χ4v) is 2.60. The van der Waals surface area contributed by atoms with Crippen LogP contribution in [-0.2, 0) is 10.0 Å². The molecule has 0 aliphatic rings. The van der Waals surface area contributed by atoms with E-state index >= 15 is 0 Å². The van der Waals surface area contributed by atoms with Crippen LogP contribution in [0.15, 0.2) is 23.4 Å². The van der Waals surface area contributed by atoms with Crippen molar-refractivity contribution in [2.45, 2.75) is 24.8 Å². The van der Waals surface area contributed by atoms with Crippen LogP contribution in [0.1, 0.15) is 19.8 Å². The lowest BCUT2D eigenvalue weighted by atomic mass is 10.1. The summed E-state index contributed by atoms with van der Waals surface area (Å²) >= 11 is 5.64. The highest BCUT2D eigenvalue weighted by Gasteiger charge is 2.19. The average molecular weight is 295 g/mol. The first-order valence-electron chi connectivity index (χ1n) is 5.63. The third-order valence-electron chi connectivity index (χ3n) is 2.41. The molecule has 0 amide bonds. The summed E-state index contributed by atoms with van der Waals surface area (Å²) in [4.78, 5) is 3.53. The second-order valence-electron chi connectivity index (χ2n) is 4.09. The fraction of sp³-hybridized carbons (Fsp3) is 0.545. The van der Waals surface area contributed by atoms with E-state index in [2.05, 4.69) is 9.71 Å². The zero-order valence-corrected chi connectivity index (χ0v) is 11.6. The maximum absolute atomic E-state index is 13.3. The average Bonchev–Trinajstić information content (AvgIpc) is 2.34. The van der Waals surface area contributed by atoms with E-state index in [1.54, 1.807) is 0 Å². The Labute approximate surface area is 112 Å². The number of halogens is 2. The molecular weight excluding hydrogens is 279 g/mol. The van der Waals surface area contributed by atoms with E-state index in [0.29, 0.717) is 18.2 Å². The van der Waals surface area contributed by atoms with Gasteiger partial charge in [-0.3, -0.25) is 0 Å². The lowest BCUT2D eigenvalue weighted by Gasteiger charge is -2.08. The van der Waals surface area contributed by atoms with E-state index in [4.69, 9.17) is 11.6 Å². The quantitative estimate of drug-likeness (QED) is 0.619. The first-order valence-corrected chi connectivity index (χ1v) is 7.65. The summed E-state index contributed by atoms with van der Waals surface area (Å²) < 4.78 is 39.1. The van der Waals surface area contributed by atoms with Gasteiger partial charge in [-0.25, -0.2) is 22.5 Å². The zero-order chi connectivity index (χ0) is 13.6. The Morgan fingerprint density at radius 1 is 1.56 bits per heavy atom. The summed E-state index contributed by atoms with van der Waals surface area (Å²) in [6, 6.07) is 2.41. The number of sulfonamides is 1. The van der Waals surface area contributed by atoms with Gasteiger partial charge in [-0.05, 0) is 30.9 Å². The highest BCUT2D eigenvalue weighted by Crippen LogP contribution is 2.10. The standard InChI is InChI=1S/C11H16ClFN2O2S/c1-9(8-12)4-2-7-15-18(16,17)11-10(13)5-3-6-14-11/h3,5-6,9,15H,2,4,7-8H2,1H3. The van der Waals surface area contributed by atoms with E-state index in [9.17, 15) is 12.8 Å². The number of hydrogen-bond donors (Lipinski definition) is 1. The molecule has 0 spiro atoms. The topological polar surface area (TPSA) is 59.1 Å². The summed E-state index contributed by atoms with van der Waals surface area (Å²) in [5.41, 5.74) is 0. The first-order chi connectivity index (χ1) is 8.47. The van der Waals surface area contributed by atoms with Gasteiger partial charge in [0.1, 0.15) is 0 Å². The SMILES string of the molecule is CC(CCl)CCCNS(=O)(=O)c1ncccc1F. The molecular formula is C11H16ClFN2O2S. The molecule has 1 N–H and O–H groups in total. The van der Waals surface area contributed by atoms with Crippen LogP contribution in [0.3, 0.4) is 0 Å². The minimum atomic E-state index is -3.86. The van der Waals surface area contributed by atoms with E-state index in [1.165, 1.54) is 12.3 Å². The number of aromatic nitrogens is 1. The van der Waals surface area contributed by atoms with Crippen molar-refractivity contribution in [2.75, 3.05) is 12.4 Å². The highest BCUT2D eigenvalue weighted by atomic mass is 35.5. The largest absolute Gasteiger partial charge is 0.261 e. The van der Waals surface area contributed by atoms with Crippen molar-refractivity contribution in [2.24, 2.45) is 5.92 Å². The fourth-order valence-electron chi connectivity index (χ4n) is 1.37. The van der Waals surface area contributed by atoms with E-state index in [1.807, 2.05) is 6.92 Å². The molecule has 0 aliphatic carbocycles. The number of pyridine rings is 1. The molecule has 0 saturated heterocycles. The van der Waals surface area contributed by atoms with Gasteiger partial charge >= 0.3 is 0 Å². The molecule has 1 heterocycles. The van der Waals surface area contributed by atoms with Gasteiger partial charge in [-0.2, -0.15) is 0 Å². The minimum absolute atomic E-state index is 0.250. The van der Waals surface area contributed by atoms with Crippen molar-refractivity contribution in [1.82, 2.24) is 9.71 Å². The monoisotopic (exact) mass is 294 g/mol. The van der Waals surface area contributed by atoms with Crippen LogP contribution >= 0.6 is 11.6 Å². The molecule has 0 aliphatic heterocycles. The van der Waals surface area contributed by atoms with E-state index < -0.39 is 20.9 Å². The molecule has 0 saturated carbocycles. The predicted octanol–water partition coefficient (Wildman–Crippen LogP) is 2.15. The van der Waals surface area contributed by atoms with Crippen LogP contribution in [0.25, 0.3) is 0 Å². The van der Waals surface area contributed by atoms with Crippen molar-refractivity contribution in [3.63, 3.8) is 0 Å². The Balaban J connectivity index is 2.54. The molecule has 1 unspecified atom stereocenters. The maximum Gasteiger partial charge on any atom is 0.261 e. The molecule has 0 radical (unpaired) electrons.